The maximum Gasteiger partial charge on any atom is 0.00406 e. The first-order valence-electron chi connectivity index (χ1n) is 6.24. The molecular formula is C14H29N. The molecule has 0 amide bonds. The Balaban J connectivity index is 2.89. The molecule has 0 radical (unpaired) electrons. The molecular weight excluding hydrogens is 182 g/mol. The third kappa shape index (κ3) is 2.96. The largest absolute Gasteiger partial charge is 0.306 e. The molecule has 1 unspecified atom stereocenters. The first-order valence-corrected chi connectivity index (χ1v) is 6.24. The first-order chi connectivity index (χ1) is 6.56. The van der Waals surface area contributed by atoms with Gasteiger partial charge in [-0.1, -0.05) is 41.5 Å². The molecule has 0 N–H and O–H groups in total. The fourth-order valence-corrected chi connectivity index (χ4v) is 3.12. The van der Waals surface area contributed by atoms with E-state index in [0.717, 1.165) is 0 Å². The van der Waals surface area contributed by atoms with Crippen molar-refractivity contribution in [1.29, 1.82) is 0 Å². The number of nitrogens with zero attached hydrogens (tertiary/aromatic N) is 1. The summed E-state index contributed by atoms with van der Waals surface area (Å²) in [6, 6.07) is 0. The maximum atomic E-state index is 2.50. The van der Waals surface area contributed by atoms with E-state index in [1.165, 1.54) is 25.9 Å². The molecule has 0 saturated carbocycles. The van der Waals surface area contributed by atoms with Crippen LogP contribution in [0.4, 0.5) is 0 Å². The van der Waals surface area contributed by atoms with Gasteiger partial charge in [0, 0.05) is 6.54 Å². The van der Waals surface area contributed by atoms with Gasteiger partial charge in [0.05, 0.1) is 0 Å². The molecule has 0 aliphatic carbocycles. The summed E-state index contributed by atoms with van der Waals surface area (Å²) in [4.78, 5) is 2.50. The van der Waals surface area contributed by atoms with Crippen LogP contribution in [0.1, 0.15) is 54.4 Å². The monoisotopic (exact) mass is 211 g/mol. The predicted octanol–water partition coefficient (Wildman–Crippen LogP) is 3.79. The lowest BCUT2D eigenvalue weighted by atomic mass is 9.60. The van der Waals surface area contributed by atoms with Crippen LogP contribution in [0.2, 0.25) is 0 Å². The third-order valence-corrected chi connectivity index (χ3v) is 4.00. The topological polar surface area (TPSA) is 3.24 Å². The van der Waals surface area contributed by atoms with E-state index in [4.69, 9.17) is 0 Å². The van der Waals surface area contributed by atoms with Crippen LogP contribution in [-0.4, -0.2) is 25.0 Å². The van der Waals surface area contributed by atoms with Crippen molar-refractivity contribution in [3.63, 3.8) is 0 Å². The lowest BCUT2D eigenvalue weighted by Crippen LogP contribution is -2.41. The Morgan fingerprint density at radius 2 is 1.60 bits per heavy atom. The minimum Gasteiger partial charge on any atom is -0.306 e. The smallest absolute Gasteiger partial charge is 0.00406 e. The molecule has 0 aromatic heterocycles. The Hall–Kier alpha value is -0.0400. The minimum absolute atomic E-state index is 0.422. The lowest BCUT2D eigenvalue weighted by molar-refractivity contribution is 0.0462. The van der Waals surface area contributed by atoms with Gasteiger partial charge in [0.25, 0.3) is 0 Å². The Bertz CT molecular complexity index is 218. The molecule has 15 heavy (non-hydrogen) atoms. The summed E-state index contributed by atoms with van der Waals surface area (Å²) >= 11 is 0. The third-order valence-electron chi connectivity index (χ3n) is 4.00. The van der Waals surface area contributed by atoms with Crippen LogP contribution in [0.5, 0.6) is 0 Å². The van der Waals surface area contributed by atoms with Gasteiger partial charge in [0.2, 0.25) is 0 Å². The highest BCUT2D eigenvalue weighted by atomic mass is 15.1. The minimum atomic E-state index is 0.422. The van der Waals surface area contributed by atoms with Crippen LogP contribution in [-0.2, 0) is 0 Å². The summed E-state index contributed by atoms with van der Waals surface area (Å²) in [5.41, 5.74) is 1.38. The van der Waals surface area contributed by atoms with E-state index in [1.807, 2.05) is 0 Å². The number of hydrogen-bond donors (Lipinski definition) is 0. The van der Waals surface area contributed by atoms with Gasteiger partial charge < -0.3 is 4.90 Å². The fourth-order valence-electron chi connectivity index (χ4n) is 3.12. The van der Waals surface area contributed by atoms with E-state index in [1.54, 1.807) is 0 Å². The summed E-state index contributed by atoms with van der Waals surface area (Å²) in [5, 5.41) is 0. The normalized spacial score (nSPS) is 29.8. The van der Waals surface area contributed by atoms with Crippen molar-refractivity contribution in [2.24, 2.45) is 16.2 Å². The molecule has 1 aliphatic rings. The number of rotatable bonds is 1. The van der Waals surface area contributed by atoms with Crippen LogP contribution < -0.4 is 0 Å². The van der Waals surface area contributed by atoms with Crippen molar-refractivity contribution in [1.82, 2.24) is 4.90 Å². The first kappa shape index (κ1) is 13.0. The second-order valence-corrected chi connectivity index (χ2v) is 7.76. The number of hydrogen-bond acceptors (Lipinski definition) is 1. The van der Waals surface area contributed by atoms with Gasteiger partial charge >= 0.3 is 0 Å². The predicted molar refractivity (Wildman–Crippen MR) is 68.1 cm³/mol. The quantitative estimate of drug-likeness (QED) is 0.638. The summed E-state index contributed by atoms with van der Waals surface area (Å²) in [5.74, 6) is 0. The molecule has 1 atom stereocenters. The highest BCUT2D eigenvalue weighted by Crippen LogP contribution is 2.52. The summed E-state index contributed by atoms with van der Waals surface area (Å²) < 4.78 is 0. The molecule has 1 nitrogen and oxygen atoms in total. The van der Waals surface area contributed by atoms with Crippen molar-refractivity contribution in [2.75, 3.05) is 20.1 Å². The van der Waals surface area contributed by atoms with E-state index in [2.05, 4.69) is 53.5 Å². The van der Waals surface area contributed by atoms with Gasteiger partial charge in [-0.2, -0.15) is 0 Å². The zero-order valence-corrected chi connectivity index (χ0v) is 11.8. The fraction of sp³-hybridized carbons (Fsp3) is 1.00. The van der Waals surface area contributed by atoms with Gasteiger partial charge in [-0.15, -0.1) is 0 Å². The van der Waals surface area contributed by atoms with Gasteiger partial charge in [-0.3, -0.25) is 0 Å². The average molecular weight is 211 g/mol. The van der Waals surface area contributed by atoms with E-state index < -0.39 is 0 Å². The average Bonchev–Trinajstić information content (AvgIpc) is 2.27. The summed E-state index contributed by atoms with van der Waals surface area (Å²) in [6.45, 7) is 16.9. The highest BCUT2D eigenvalue weighted by Gasteiger charge is 2.47. The molecule has 1 fully saturated rings. The second-order valence-electron chi connectivity index (χ2n) is 7.76. The SMILES string of the molecule is CN1CCC(CC(C)(C)C)(C(C)(C)C)C1. The van der Waals surface area contributed by atoms with Gasteiger partial charge in [-0.25, -0.2) is 0 Å². The second kappa shape index (κ2) is 3.76. The molecule has 0 bridgehead atoms. The van der Waals surface area contributed by atoms with Crippen molar-refractivity contribution in [2.45, 2.75) is 54.4 Å². The van der Waals surface area contributed by atoms with Crippen molar-refractivity contribution in [3.8, 4) is 0 Å². The molecule has 1 heterocycles. The molecule has 1 heteroatoms. The Morgan fingerprint density at radius 3 is 1.87 bits per heavy atom. The standard InChI is InChI=1S/C14H29N/c1-12(2,3)10-14(13(4,5)6)8-9-15(7)11-14/h8-11H2,1-7H3. The van der Waals surface area contributed by atoms with E-state index in [-0.39, 0.29) is 0 Å². The van der Waals surface area contributed by atoms with Gasteiger partial charge in [0.15, 0.2) is 0 Å². The van der Waals surface area contributed by atoms with Crippen LogP contribution >= 0.6 is 0 Å². The van der Waals surface area contributed by atoms with Crippen LogP contribution in [0.15, 0.2) is 0 Å². The lowest BCUT2D eigenvalue weighted by Gasteiger charge is -2.45. The Morgan fingerprint density at radius 1 is 1.07 bits per heavy atom. The van der Waals surface area contributed by atoms with Crippen molar-refractivity contribution >= 4 is 0 Å². The maximum absolute atomic E-state index is 2.50. The van der Waals surface area contributed by atoms with Crippen LogP contribution in [0, 0.1) is 16.2 Å². The molecule has 0 aromatic carbocycles. The molecule has 1 rings (SSSR count). The molecule has 90 valence electrons. The zero-order valence-electron chi connectivity index (χ0n) is 11.8. The zero-order chi connectivity index (χ0) is 11.9. The summed E-state index contributed by atoms with van der Waals surface area (Å²) in [6.07, 6.45) is 2.71. The van der Waals surface area contributed by atoms with E-state index >= 15 is 0 Å². The Labute approximate surface area is 96.2 Å². The number of likely N-dealkylation sites (tertiary alicyclic amines) is 1. The van der Waals surface area contributed by atoms with Crippen molar-refractivity contribution < 1.29 is 0 Å². The summed E-state index contributed by atoms with van der Waals surface area (Å²) in [7, 11) is 2.26. The van der Waals surface area contributed by atoms with E-state index in [0.29, 0.717) is 16.2 Å². The highest BCUT2D eigenvalue weighted by molar-refractivity contribution is 4.98. The molecule has 0 spiro atoms. The van der Waals surface area contributed by atoms with Crippen LogP contribution in [0.3, 0.4) is 0 Å². The van der Waals surface area contributed by atoms with E-state index in [9.17, 15) is 0 Å². The molecule has 1 aliphatic heterocycles. The van der Waals surface area contributed by atoms with Gasteiger partial charge in [-0.05, 0) is 42.7 Å². The molecule has 0 aromatic rings. The van der Waals surface area contributed by atoms with Gasteiger partial charge in [0.1, 0.15) is 0 Å². The Kier molecular flexibility index (Phi) is 3.27. The molecule has 1 saturated heterocycles. The van der Waals surface area contributed by atoms with Crippen LogP contribution in [0.25, 0.3) is 0 Å². The van der Waals surface area contributed by atoms with Crippen molar-refractivity contribution in [3.05, 3.63) is 0 Å².